The van der Waals surface area contributed by atoms with E-state index >= 15 is 0 Å². The molecule has 3 aliphatic heterocycles. The van der Waals surface area contributed by atoms with E-state index < -0.39 is 17.5 Å². The highest BCUT2D eigenvalue weighted by atomic mass is 79.9. The van der Waals surface area contributed by atoms with E-state index in [1.165, 1.54) is 0 Å². The van der Waals surface area contributed by atoms with Crippen molar-refractivity contribution in [1.82, 2.24) is 4.90 Å². The lowest BCUT2D eigenvalue weighted by atomic mass is 9.77. The van der Waals surface area contributed by atoms with Gasteiger partial charge in [-0.05, 0) is 59.5 Å². The lowest BCUT2D eigenvalue weighted by Gasteiger charge is -2.32. The van der Waals surface area contributed by atoms with Gasteiger partial charge in [0.05, 0.1) is 24.1 Å². The fraction of sp³-hybridized carbons (Fsp3) is 0.435. The number of carbonyl (C=O) groups is 1. The molecule has 1 amide bonds. The van der Waals surface area contributed by atoms with Crippen LogP contribution in [0, 0.1) is 10.1 Å². The standard InChI is InChI=1S/C23H24BrN3O5/c1-3-32-18-12-13(11-15(24)20(18)31-2)19-17-9-6-10-26(17)23(21(19)27(29)30)14-7-4-5-8-16(14)25-22(23)28/h4-5,7-8,11-12,17,19,21H,3,6,9-10H2,1-2H3,(H,25,28)/t17-,19+,21+,23-/m0/s1. The number of nitro groups is 1. The normalized spacial score (nSPS) is 28.5. The Kier molecular flexibility index (Phi) is 5.13. The Morgan fingerprint density at radius 1 is 1.34 bits per heavy atom. The zero-order valence-corrected chi connectivity index (χ0v) is 19.4. The van der Waals surface area contributed by atoms with Crippen molar-refractivity contribution in [3.8, 4) is 11.5 Å². The van der Waals surface area contributed by atoms with Crippen LogP contribution < -0.4 is 14.8 Å². The van der Waals surface area contributed by atoms with Crippen LogP contribution in [0.3, 0.4) is 0 Å². The third kappa shape index (κ3) is 2.73. The molecule has 2 aromatic rings. The first kappa shape index (κ1) is 21.2. The Bertz CT molecular complexity index is 1110. The number of hydrogen-bond acceptors (Lipinski definition) is 6. The number of benzene rings is 2. The molecule has 1 N–H and O–H groups in total. The van der Waals surface area contributed by atoms with Crippen LogP contribution in [-0.2, 0) is 10.3 Å². The number of methoxy groups -OCH3 is 1. The highest BCUT2D eigenvalue weighted by molar-refractivity contribution is 9.10. The first-order valence-electron chi connectivity index (χ1n) is 10.8. The molecule has 0 bridgehead atoms. The molecule has 168 valence electrons. The predicted molar refractivity (Wildman–Crippen MR) is 122 cm³/mol. The summed E-state index contributed by atoms with van der Waals surface area (Å²) in [7, 11) is 1.56. The van der Waals surface area contributed by atoms with Crippen molar-refractivity contribution in [3.05, 3.63) is 62.1 Å². The molecule has 32 heavy (non-hydrogen) atoms. The number of rotatable bonds is 5. The number of ether oxygens (including phenoxy) is 2. The molecule has 9 heteroatoms. The van der Waals surface area contributed by atoms with E-state index in [4.69, 9.17) is 9.47 Å². The highest BCUT2D eigenvalue weighted by Crippen LogP contribution is 2.58. The van der Waals surface area contributed by atoms with Crippen LogP contribution in [0.15, 0.2) is 40.9 Å². The van der Waals surface area contributed by atoms with Gasteiger partial charge in [-0.2, -0.15) is 0 Å². The molecule has 2 saturated heterocycles. The summed E-state index contributed by atoms with van der Waals surface area (Å²) in [6.45, 7) is 2.96. The maximum Gasteiger partial charge on any atom is 0.256 e. The Labute approximate surface area is 194 Å². The summed E-state index contributed by atoms with van der Waals surface area (Å²) < 4.78 is 11.9. The number of nitrogens with zero attached hydrogens (tertiary/aromatic N) is 2. The van der Waals surface area contributed by atoms with Gasteiger partial charge >= 0.3 is 0 Å². The SMILES string of the molecule is CCOc1cc([C@@H]2[C@@H]3CCCN3[C@]3(C(=O)Nc4ccccc43)[C@@H]2[N+](=O)[O-])cc(Br)c1OC. The molecule has 1 spiro atoms. The minimum absolute atomic E-state index is 0.128. The summed E-state index contributed by atoms with van der Waals surface area (Å²) in [5.74, 6) is 0.287. The van der Waals surface area contributed by atoms with Crippen molar-refractivity contribution in [2.24, 2.45) is 0 Å². The lowest BCUT2D eigenvalue weighted by Crippen LogP contribution is -2.55. The van der Waals surface area contributed by atoms with Gasteiger partial charge in [0.25, 0.3) is 11.9 Å². The van der Waals surface area contributed by atoms with Gasteiger partial charge in [-0.15, -0.1) is 0 Å². The maximum absolute atomic E-state index is 13.5. The molecule has 5 rings (SSSR count). The number of hydrogen-bond donors (Lipinski definition) is 1. The molecule has 2 aromatic carbocycles. The number of amides is 1. The van der Waals surface area contributed by atoms with Crippen LogP contribution >= 0.6 is 15.9 Å². The molecule has 3 heterocycles. The fourth-order valence-electron chi connectivity index (χ4n) is 6.02. The van der Waals surface area contributed by atoms with Gasteiger partial charge in [-0.3, -0.25) is 19.8 Å². The van der Waals surface area contributed by atoms with Gasteiger partial charge in [0.2, 0.25) is 0 Å². The van der Waals surface area contributed by atoms with Gasteiger partial charge < -0.3 is 14.8 Å². The van der Waals surface area contributed by atoms with E-state index in [-0.39, 0.29) is 16.9 Å². The van der Waals surface area contributed by atoms with Crippen molar-refractivity contribution >= 4 is 27.5 Å². The fourth-order valence-corrected chi connectivity index (χ4v) is 6.64. The molecule has 0 radical (unpaired) electrons. The molecule has 0 unspecified atom stereocenters. The van der Waals surface area contributed by atoms with Crippen LogP contribution in [0.2, 0.25) is 0 Å². The summed E-state index contributed by atoms with van der Waals surface area (Å²) in [6.07, 6.45) is 1.68. The Morgan fingerprint density at radius 2 is 2.12 bits per heavy atom. The number of anilines is 1. The van der Waals surface area contributed by atoms with Crippen LogP contribution in [0.5, 0.6) is 11.5 Å². The van der Waals surface area contributed by atoms with E-state index in [2.05, 4.69) is 26.1 Å². The van der Waals surface area contributed by atoms with Crippen LogP contribution in [-0.4, -0.2) is 48.1 Å². The average Bonchev–Trinajstić information content (AvgIpc) is 3.41. The second-order valence-corrected chi connectivity index (χ2v) is 9.25. The number of fused-ring (bicyclic) bond motifs is 4. The van der Waals surface area contributed by atoms with Crippen LogP contribution in [0.1, 0.15) is 36.8 Å². The quantitative estimate of drug-likeness (QED) is 0.492. The van der Waals surface area contributed by atoms with Crippen molar-refractivity contribution in [1.29, 1.82) is 0 Å². The first-order valence-corrected chi connectivity index (χ1v) is 11.6. The van der Waals surface area contributed by atoms with Crippen molar-refractivity contribution in [2.45, 2.75) is 43.3 Å². The van der Waals surface area contributed by atoms with Gasteiger partial charge in [-0.1, -0.05) is 18.2 Å². The second kappa shape index (κ2) is 7.74. The smallest absolute Gasteiger partial charge is 0.256 e. The number of halogens is 1. The van der Waals surface area contributed by atoms with Crippen LogP contribution in [0.25, 0.3) is 0 Å². The molecule has 0 saturated carbocycles. The lowest BCUT2D eigenvalue weighted by molar-refractivity contribution is -0.534. The topological polar surface area (TPSA) is 93.9 Å². The minimum atomic E-state index is -1.33. The Hall–Kier alpha value is -2.65. The molecular formula is C23H24BrN3O5. The summed E-state index contributed by atoms with van der Waals surface area (Å²) >= 11 is 3.55. The van der Waals surface area contributed by atoms with Crippen molar-refractivity contribution in [2.75, 3.05) is 25.6 Å². The van der Waals surface area contributed by atoms with E-state index in [0.717, 1.165) is 18.4 Å². The van der Waals surface area contributed by atoms with Gasteiger partial charge in [-0.25, -0.2) is 0 Å². The monoisotopic (exact) mass is 501 g/mol. The van der Waals surface area contributed by atoms with E-state index in [0.29, 0.717) is 40.4 Å². The highest BCUT2D eigenvalue weighted by Gasteiger charge is 2.73. The first-order chi connectivity index (χ1) is 15.4. The largest absolute Gasteiger partial charge is 0.492 e. The van der Waals surface area contributed by atoms with Gasteiger partial charge in [0.15, 0.2) is 17.0 Å². The van der Waals surface area contributed by atoms with Gasteiger partial charge in [0.1, 0.15) is 0 Å². The molecule has 3 aliphatic rings. The second-order valence-electron chi connectivity index (χ2n) is 8.39. The maximum atomic E-state index is 13.5. The summed E-state index contributed by atoms with van der Waals surface area (Å²) in [6, 6.07) is 9.78. The van der Waals surface area contributed by atoms with E-state index in [1.54, 1.807) is 7.11 Å². The number of carbonyl (C=O) groups excluding carboxylic acids is 1. The van der Waals surface area contributed by atoms with Gasteiger partial charge in [0, 0.05) is 28.8 Å². The Morgan fingerprint density at radius 3 is 2.84 bits per heavy atom. The Balaban J connectivity index is 1.73. The number of nitrogens with one attached hydrogen (secondary N) is 1. The summed E-state index contributed by atoms with van der Waals surface area (Å²) in [4.78, 5) is 28.0. The molecule has 8 nitrogen and oxygen atoms in total. The number of para-hydroxylation sites is 1. The molecule has 0 aromatic heterocycles. The molecule has 2 fully saturated rings. The minimum Gasteiger partial charge on any atom is -0.492 e. The predicted octanol–water partition coefficient (Wildman–Crippen LogP) is 3.91. The van der Waals surface area contributed by atoms with E-state index in [1.807, 2.05) is 43.3 Å². The summed E-state index contributed by atoms with van der Waals surface area (Å²) in [5.41, 5.74) is 0.790. The molecule has 4 atom stereocenters. The van der Waals surface area contributed by atoms with Crippen molar-refractivity contribution < 1.29 is 19.2 Å². The van der Waals surface area contributed by atoms with E-state index in [9.17, 15) is 14.9 Å². The summed E-state index contributed by atoms with van der Waals surface area (Å²) in [5, 5.41) is 15.6. The molecule has 0 aliphatic carbocycles. The average molecular weight is 502 g/mol. The zero-order chi connectivity index (χ0) is 22.6. The zero-order valence-electron chi connectivity index (χ0n) is 17.8. The third-order valence-corrected chi connectivity index (χ3v) is 7.60. The third-order valence-electron chi connectivity index (χ3n) is 7.01. The molecular weight excluding hydrogens is 478 g/mol. The van der Waals surface area contributed by atoms with Crippen LogP contribution in [0.4, 0.5) is 5.69 Å². The van der Waals surface area contributed by atoms with Crippen molar-refractivity contribution in [3.63, 3.8) is 0 Å².